The minimum absolute atomic E-state index is 0.326. The van der Waals surface area contributed by atoms with Gasteiger partial charge in [0.2, 0.25) is 5.95 Å². The molecule has 0 amide bonds. The molecule has 8 nitrogen and oxygen atoms in total. The van der Waals surface area contributed by atoms with Crippen LogP contribution in [0.2, 0.25) is 0 Å². The Morgan fingerprint density at radius 1 is 1.37 bits per heavy atom. The standard InChI is InChI=1S/C19H31N5O3/c1-4-6-23-7-5-14(13-23)21-18-20-12-15(19(2,3)17(25)26)16(22-18)24-8-10-27-11-9-24/h12,14H,4-11,13H2,1-3H3,(H,25,26)(H,20,21,22)/t14-/m0/s1. The van der Waals surface area contributed by atoms with Crippen LogP contribution in [0.15, 0.2) is 6.20 Å². The molecule has 0 unspecified atom stereocenters. The predicted octanol–water partition coefficient (Wildman–Crippen LogP) is 1.57. The van der Waals surface area contributed by atoms with Crippen molar-refractivity contribution in [2.75, 3.05) is 56.2 Å². The number of nitrogens with one attached hydrogen (secondary N) is 1. The smallest absolute Gasteiger partial charge is 0.313 e. The SMILES string of the molecule is CCCN1CC[C@H](Nc2ncc(C(C)(C)C(=O)O)c(N3CCOCC3)n2)C1. The van der Waals surface area contributed by atoms with E-state index in [9.17, 15) is 9.90 Å². The molecule has 0 spiro atoms. The van der Waals surface area contributed by atoms with Crippen LogP contribution in [0.1, 0.15) is 39.2 Å². The van der Waals surface area contributed by atoms with E-state index in [2.05, 4.69) is 27.0 Å². The molecule has 1 atom stereocenters. The lowest BCUT2D eigenvalue weighted by molar-refractivity contribution is -0.142. The van der Waals surface area contributed by atoms with Crippen molar-refractivity contribution >= 4 is 17.7 Å². The first-order chi connectivity index (χ1) is 12.9. The molecule has 8 heteroatoms. The second-order valence-electron chi connectivity index (χ2n) is 7.89. The molecule has 0 aromatic carbocycles. The average molecular weight is 377 g/mol. The van der Waals surface area contributed by atoms with Gasteiger partial charge in [-0.1, -0.05) is 6.92 Å². The average Bonchev–Trinajstić information content (AvgIpc) is 3.09. The number of carboxylic acids is 1. The lowest BCUT2D eigenvalue weighted by Gasteiger charge is -2.32. The third kappa shape index (κ3) is 4.50. The highest BCUT2D eigenvalue weighted by Gasteiger charge is 2.35. The largest absolute Gasteiger partial charge is 0.481 e. The van der Waals surface area contributed by atoms with Crippen LogP contribution >= 0.6 is 0 Å². The Morgan fingerprint density at radius 3 is 2.78 bits per heavy atom. The van der Waals surface area contributed by atoms with Gasteiger partial charge in [0.05, 0.1) is 18.6 Å². The molecule has 0 radical (unpaired) electrons. The molecule has 2 saturated heterocycles. The van der Waals surface area contributed by atoms with Crippen LogP contribution < -0.4 is 10.2 Å². The van der Waals surface area contributed by atoms with Gasteiger partial charge in [-0.2, -0.15) is 4.98 Å². The molecule has 2 fully saturated rings. The lowest BCUT2D eigenvalue weighted by atomic mass is 9.85. The molecular weight excluding hydrogens is 346 g/mol. The van der Waals surface area contributed by atoms with E-state index >= 15 is 0 Å². The maximum absolute atomic E-state index is 11.8. The highest BCUT2D eigenvalue weighted by Crippen LogP contribution is 2.32. The molecule has 2 aliphatic heterocycles. The number of rotatable bonds is 7. The summed E-state index contributed by atoms with van der Waals surface area (Å²) in [6.07, 6.45) is 3.90. The van der Waals surface area contributed by atoms with Crippen molar-refractivity contribution in [3.63, 3.8) is 0 Å². The third-order valence-corrected chi connectivity index (χ3v) is 5.43. The van der Waals surface area contributed by atoms with Gasteiger partial charge in [-0.05, 0) is 33.2 Å². The summed E-state index contributed by atoms with van der Waals surface area (Å²) in [5.41, 5.74) is -0.418. The zero-order valence-electron chi connectivity index (χ0n) is 16.6. The summed E-state index contributed by atoms with van der Waals surface area (Å²) >= 11 is 0. The van der Waals surface area contributed by atoms with Crippen molar-refractivity contribution in [1.29, 1.82) is 0 Å². The third-order valence-electron chi connectivity index (χ3n) is 5.43. The van der Waals surface area contributed by atoms with E-state index in [0.717, 1.165) is 32.5 Å². The second-order valence-corrected chi connectivity index (χ2v) is 7.89. The topological polar surface area (TPSA) is 90.8 Å². The first-order valence-corrected chi connectivity index (χ1v) is 9.84. The number of nitrogens with zero attached hydrogens (tertiary/aromatic N) is 4. The highest BCUT2D eigenvalue weighted by molar-refractivity contribution is 5.82. The molecule has 0 bridgehead atoms. The number of likely N-dealkylation sites (tertiary alicyclic amines) is 1. The van der Waals surface area contributed by atoms with Gasteiger partial charge < -0.3 is 25.0 Å². The second kappa shape index (κ2) is 8.39. The van der Waals surface area contributed by atoms with Crippen molar-refractivity contribution in [2.45, 2.75) is 45.1 Å². The highest BCUT2D eigenvalue weighted by atomic mass is 16.5. The minimum atomic E-state index is -1.06. The van der Waals surface area contributed by atoms with Gasteiger partial charge in [0.15, 0.2) is 0 Å². The molecule has 1 aromatic heterocycles. The van der Waals surface area contributed by atoms with E-state index in [1.165, 1.54) is 0 Å². The van der Waals surface area contributed by atoms with Crippen LogP contribution in [-0.2, 0) is 14.9 Å². The fourth-order valence-electron chi connectivity index (χ4n) is 3.67. The van der Waals surface area contributed by atoms with Crippen molar-refractivity contribution in [2.24, 2.45) is 0 Å². The van der Waals surface area contributed by atoms with Gasteiger partial charge >= 0.3 is 5.97 Å². The van der Waals surface area contributed by atoms with E-state index in [1.807, 2.05) is 0 Å². The monoisotopic (exact) mass is 377 g/mol. The van der Waals surface area contributed by atoms with Crippen LogP contribution in [-0.4, -0.2) is 77.9 Å². The number of hydrogen-bond acceptors (Lipinski definition) is 7. The van der Waals surface area contributed by atoms with Crippen molar-refractivity contribution < 1.29 is 14.6 Å². The van der Waals surface area contributed by atoms with Gasteiger partial charge in [0.25, 0.3) is 0 Å². The maximum atomic E-state index is 11.8. The predicted molar refractivity (Wildman–Crippen MR) is 104 cm³/mol. The van der Waals surface area contributed by atoms with Crippen molar-refractivity contribution in [3.05, 3.63) is 11.8 Å². The number of hydrogen-bond donors (Lipinski definition) is 2. The van der Waals surface area contributed by atoms with E-state index < -0.39 is 11.4 Å². The van der Waals surface area contributed by atoms with E-state index in [-0.39, 0.29) is 0 Å². The number of morpholine rings is 1. The Morgan fingerprint density at radius 2 is 2.11 bits per heavy atom. The molecule has 0 aliphatic carbocycles. The molecule has 0 saturated carbocycles. The molecule has 3 rings (SSSR count). The summed E-state index contributed by atoms with van der Waals surface area (Å²) < 4.78 is 5.44. The van der Waals surface area contributed by atoms with E-state index in [4.69, 9.17) is 9.72 Å². The fraction of sp³-hybridized carbons (Fsp3) is 0.737. The molecule has 2 aliphatic rings. The lowest BCUT2D eigenvalue weighted by Crippen LogP contribution is -2.40. The summed E-state index contributed by atoms with van der Waals surface area (Å²) in [6, 6.07) is 0.326. The van der Waals surface area contributed by atoms with Gasteiger partial charge in [-0.25, -0.2) is 4.98 Å². The number of aliphatic carboxylic acids is 1. The first-order valence-electron chi connectivity index (χ1n) is 9.84. The molecule has 150 valence electrons. The number of ether oxygens (including phenoxy) is 1. The minimum Gasteiger partial charge on any atom is -0.481 e. The Balaban J connectivity index is 1.83. The molecule has 3 heterocycles. The molecular formula is C19H31N5O3. The Kier molecular flexibility index (Phi) is 6.16. The van der Waals surface area contributed by atoms with E-state index in [0.29, 0.717) is 49.7 Å². The van der Waals surface area contributed by atoms with Crippen LogP contribution in [0, 0.1) is 0 Å². The fourth-order valence-corrected chi connectivity index (χ4v) is 3.67. The maximum Gasteiger partial charge on any atom is 0.313 e. The number of aromatic nitrogens is 2. The number of carbonyl (C=O) groups is 1. The van der Waals surface area contributed by atoms with Gasteiger partial charge in [-0.3, -0.25) is 4.79 Å². The summed E-state index contributed by atoms with van der Waals surface area (Å²) in [5.74, 6) is 0.392. The van der Waals surface area contributed by atoms with Crippen LogP contribution in [0.5, 0.6) is 0 Å². The summed E-state index contributed by atoms with van der Waals surface area (Å²) in [6.45, 7) is 11.4. The van der Waals surface area contributed by atoms with Crippen LogP contribution in [0.3, 0.4) is 0 Å². The van der Waals surface area contributed by atoms with Crippen molar-refractivity contribution in [1.82, 2.24) is 14.9 Å². The normalized spacial score (nSPS) is 21.4. The zero-order valence-corrected chi connectivity index (χ0v) is 16.6. The van der Waals surface area contributed by atoms with Crippen molar-refractivity contribution in [3.8, 4) is 0 Å². The summed E-state index contributed by atoms with van der Waals surface area (Å²) in [5, 5.41) is 13.1. The number of anilines is 2. The van der Waals surface area contributed by atoms with Gasteiger partial charge in [0.1, 0.15) is 5.82 Å². The van der Waals surface area contributed by atoms with E-state index in [1.54, 1.807) is 20.0 Å². The first kappa shape index (κ1) is 19.8. The number of carboxylic acid groups (broad SMARTS) is 1. The van der Waals surface area contributed by atoms with Gasteiger partial charge in [-0.15, -0.1) is 0 Å². The molecule has 27 heavy (non-hydrogen) atoms. The Bertz CT molecular complexity index is 661. The van der Waals surface area contributed by atoms with Crippen LogP contribution in [0.4, 0.5) is 11.8 Å². The Labute approximate surface area is 160 Å². The zero-order chi connectivity index (χ0) is 19.4. The van der Waals surface area contributed by atoms with Gasteiger partial charge in [0, 0.05) is 44.0 Å². The molecule has 1 aromatic rings. The Hall–Kier alpha value is -1.93. The van der Waals surface area contributed by atoms with Crippen LogP contribution in [0.25, 0.3) is 0 Å². The summed E-state index contributed by atoms with van der Waals surface area (Å²) in [7, 11) is 0. The molecule has 2 N–H and O–H groups in total. The quantitative estimate of drug-likeness (QED) is 0.740. The summed E-state index contributed by atoms with van der Waals surface area (Å²) in [4.78, 5) is 25.6.